The van der Waals surface area contributed by atoms with Gasteiger partial charge in [-0.25, -0.2) is 0 Å². The number of carbonyl (C=O) groups is 1. The normalized spacial score (nSPS) is 27.8. The van der Waals surface area contributed by atoms with Gasteiger partial charge in [0.05, 0.1) is 13.2 Å². The molecule has 25 heavy (non-hydrogen) atoms. The van der Waals surface area contributed by atoms with Crippen molar-refractivity contribution in [3.05, 3.63) is 29.3 Å². The lowest BCUT2D eigenvalue weighted by atomic mass is 9.73. The average Bonchev–Trinajstić information content (AvgIpc) is 2.64. The van der Waals surface area contributed by atoms with Crippen LogP contribution in [-0.4, -0.2) is 37.0 Å². The van der Waals surface area contributed by atoms with E-state index in [1.807, 2.05) is 6.07 Å². The second-order valence-corrected chi connectivity index (χ2v) is 7.23. The van der Waals surface area contributed by atoms with E-state index in [1.165, 1.54) is 7.11 Å². The summed E-state index contributed by atoms with van der Waals surface area (Å²) >= 11 is 0. The van der Waals surface area contributed by atoms with Crippen LogP contribution in [0.4, 0.5) is 0 Å². The minimum Gasteiger partial charge on any atom is -0.487 e. The van der Waals surface area contributed by atoms with Crippen molar-refractivity contribution in [1.82, 2.24) is 0 Å². The van der Waals surface area contributed by atoms with E-state index in [-0.39, 0.29) is 24.3 Å². The number of aliphatic hydroxyl groups is 1. The van der Waals surface area contributed by atoms with Gasteiger partial charge in [0.25, 0.3) is 0 Å². The molecule has 0 saturated carbocycles. The molecule has 1 saturated heterocycles. The fourth-order valence-electron chi connectivity index (χ4n) is 4.11. The Balaban J connectivity index is 1.85. The fraction of sp³-hybridized carbons (Fsp3) is 0.650. The monoisotopic (exact) mass is 348 g/mol. The number of ether oxygens (including phenoxy) is 3. The second kappa shape index (κ2) is 7.75. The van der Waals surface area contributed by atoms with E-state index in [0.717, 1.165) is 49.2 Å². The number of hydrogen-bond acceptors (Lipinski definition) is 5. The van der Waals surface area contributed by atoms with Crippen molar-refractivity contribution in [3.63, 3.8) is 0 Å². The zero-order valence-corrected chi connectivity index (χ0v) is 15.1. The molecule has 0 radical (unpaired) electrons. The van der Waals surface area contributed by atoms with Crippen LogP contribution < -0.4 is 4.74 Å². The van der Waals surface area contributed by atoms with Gasteiger partial charge >= 0.3 is 5.97 Å². The lowest BCUT2D eigenvalue weighted by Crippen LogP contribution is -2.49. The molecule has 5 heteroatoms. The summed E-state index contributed by atoms with van der Waals surface area (Å²) in [6.07, 6.45) is 4.69. The molecule has 1 fully saturated rings. The molecule has 1 aromatic carbocycles. The standard InChI is InChI=1S/C20H28O5/c1-20(10-4-11-21)16-5-3-12-24-19(16)15-8-6-14(13-17(15)25-20)7-9-18(22)23-2/h6,8,13,16,19,21H,3-5,7,9-12H2,1-2H3/t16-,19+,20+/m1/s1. The third-order valence-corrected chi connectivity index (χ3v) is 5.51. The van der Waals surface area contributed by atoms with Crippen molar-refractivity contribution in [2.45, 2.75) is 57.2 Å². The molecule has 2 aliphatic heterocycles. The molecule has 0 unspecified atom stereocenters. The summed E-state index contributed by atoms with van der Waals surface area (Å²) in [5.74, 6) is 0.953. The third kappa shape index (κ3) is 3.82. The summed E-state index contributed by atoms with van der Waals surface area (Å²) in [5.41, 5.74) is 1.83. The van der Waals surface area contributed by atoms with Gasteiger partial charge in [-0.2, -0.15) is 0 Å². The van der Waals surface area contributed by atoms with Crippen molar-refractivity contribution >= 4 is 5.97 Å². The molecule has 0 bridgehead atoms. The number of carbonyl (C=O) groups excluding carboxylic acids is 1. The first kappa shape index (κ1) is 18.2. The lowest BCUT2D eigenvalue weighted by Gasteiger charge is -2.49. The van der Waals surface area contributed by atoms with Gasteiger partial charge in [0.1, 0.15) is 11.4 Å². The van der Waals surface area contributed by atoms with Gasteiger partial charge in [0.15, 0.2) is 0 Å². The molecule has 1 aromatic rings. The summed E-state index contributed by atoms with van der Waals surface area (Å²) in [4.78, 5) is 11.4. The number of hydrogen-bond donors (Lipinski definition) is 1. The maximum Gasteiger partial charge on any atom is 0.305 e. The fourth-order valence-corrected chi connectivity index (χ4v) is 4.11. The predicted octanol–water partition coefficient (Wildman–Crippen LogP) is 3.18. The Bertz CT molecular complexity index is 614. The molecule has 0 spiro atoms. The number of esters is 1. The maximum absolute atomic E-state index is 11.4. The van der Waals surface area contributed by atoms with Crippen LogP contribution in [0.15, 0.2) is 18.2 Å². The molecule has 0 aromatic heterocycles. The number of rotatable bonds is 6. The van der Waals surface area contributed by atoms with Gasteiger partial charge < -0.3 is 19.3 Å². The number of aryl methyl sites for hydroxylation is 1. The highest BCUT2D eigenvalue weighted by Gasteiger charge is 2.47. The summed E-state index contributed by atoms with van der Waals surface area (Å²) in [5, 5.41) is 9.26. The van der Waals surface area contributed by atoms with Crippen LogP contribution in [0, 0.1) is 5.92 Å². The first-order chi connectivity index (χ1) is 12.1. The highest BCUT2D eigenvalue weighted by molar-refractivity contribution is 5.69. The van der Waals surface area contributed by atoms with E-state index < -0.39 is 0 Å². The van der Waals surface area contributed by atoms with Gasteiger partial charge in [-0.15, -0.1) is 0 Å². The van der Waals surface area contributed by atoms with Gasteiger partial charge in [-0.05, 0) is 50.7 Å². The molecule has 3 rings (SSSR count). The average molecular weight is 348 g/mol. The maximum atomic E-state index is 11.4. The highest BCUT2D eigenvalue weighted by atomic mass is 16.5. The van der Waals surface area contributed by atoms with Crippen LogP contribution in [0.2, 0.25) is 0 Å². The van der Waals surface area contributed by atoms with Crippen molar-refractivity contribution in [3.8, 4) is 5.75 Å². The van der Waals surface area contributed by atoms with Gasteiger partial charge in [0.2, 0.25) is 0 Å². The van der Waals surface area contributed by atoms with Gasteiger partial charge in [-0.3, -0.25) is 4.79 Å². The van der Waals surface area contributed by atoms with Crippen molar-refractivity contribution in [1.29, 1.82) is 0 Å². The van der Waals surface area contributed by atoms with Crippen LogP contribution >= 0.6 is 0 Å². The molecular weight excluding hydrogens is 320 g/mol. The SMILES string of the molecule is COC(=O)CCc1ccc2c(c1)O[C@@](C)(CCCO)[C@@H]1CCCO[C@@H]21. The zero-order valence-electron chi connectivity index (χ0n) is 15.1. The summed E-state index contributed by atoms with van der Waals surface area (Å²) < 4.78 is 17.3. The second-order valence-electron chi connectivity index (χ2n) is 7.23. The lowest BCUT2D eigenvalue weighted by molar-refractivity contribution is -0.140. The van der Waals surface area contributed by atoms with E-state index >= 15 is 0 Å². The van der Waals surface area contributed by atoms with Crippen molar-refractivity contribution < 1.29 is 24.1 Å². The summed E-state index contributed by atoms with van der Waals surface area (Å²) in [6, 6.07) is 6.16. The Morgan fingerprint density at radius 2 is 2.28 bits per heavy atom. The van der Waals surface area contributed by atoms with Gasteiger partial charge in [-0.1, -0.05) is 12.1 Å². The number of aliphatic hydroxyl groups excluding tert-OH is 1. The molecular formula is C20H28O5. The van der Waals surface area contributed by atoms with E-state index in [4.69, 9.17) is 14.2 Å². The summed E-state index contributed by atoms with van der Waals surface area (Å²) in [7, 11) is 1.41. The largest absolute Gasteiger partial charge is 0.487 e. The number of benzene rings is 1. The molecule has 5 nitrogen and oxygen atoms in total. The van der Waals surface area contributed by atoms with Crippen LogP contribution in [0.5, 0.6) is 5.75 Å². The zero-order chi connectivity index (χ0) is 17.9. The van der Waals surface area contributed by atoms with Gasteiger partial charge in [0, 0.05) is 31.1 Å². The Morgan fingerprint density at radius 1 is 1.44 bits per heavy atom. The molecule has 3 atom stereocenters. The first-order valence-corrected chi connectivity index (χ1v) is 9.18. The topological polar surface area (TPSA) is 65.0 Å². The van der Waals surface area contributed by atoms with Crippen LogP contribution in [0.25, 0.3) is 0 Å². The van der Waals surface area contributed by atoms with E-state index in [1.54, 1.807) is 0 Å². The molecule has 2 heterocycles. The minimum absolute atomic E-state index is 0.0517. The Morgan fingerprint density at radius 3 is 3.04 bits per heavy atom. The first-order valence-electron chi connectivity index (χ1n) is 9.18. The number of fused-ring (bicyclic) bond motifs is 3. The van der Waals surface area contributed by atoms with Crippen LogP contribution in [0.3, 0.4) is 0 Å². The van der Waals surface area contributed by atoms with Crippen LogP contribution in [-0.2, 0) is 20.7 Å². The summed E-state index contributed by atoms with van der Waals surface area (Å²) in [6.45, 7) is 3.09. The Kier molecular flexibility index (Phi) is 5.64. The predicted molar refractivity (Wildman–Crippen MR) is 93.5 cm³/mol. The van der Waals surface area contributed by atoms with E-state index in [2.05, 4.69) is 19.1 Å². The van der Waals surface area contributed by atoms with Crippen LogP contribution in [0.1, 0.15) is 56.3 Å². The van der Waals surface area contributed by atoms with Crippen molar-refractivity contribution in [2.24, 2.45) is 5.92 Å². The molecule has 2 aliphatic rings. The molecule has 1 N–H and O–H groups in total. The molecule has 0 amide bonds. The Labute approximate surface area is 149 Å². The quantitative estimate of drug-likeness (QED) is 0.800. The third-order valence-electron chi connectivity index (χ3n) is 5.51. The van der Waals surface area contributed by atoms with E-state index in [0.29, 0.717) is 18.8 Å². The molecule has 138 valence electrons. The Hall–Kier alpha value is -1.59. The highest BCUT2D eigenvalue weighted by Crippen LogP contribution is 2.51. The smallest absolute Gasteiger partial charge is 0.305 e. The van der Waals surface area contributed by atoms with E-state index in [9.17, 15) is 9.90 Å². The van der Waals surface area contributed by atoms with Crippen molar-refractivity contribution in [2.75, 3.05) is 20.3 Å². The molecule has 0 aliphatic carbocycles. The minimum atomic E-state index is -0.332. The number of methoxy groups -OCH3 is 1.